The molecule has 2 aromatic rings. The van der Waals surface area contributed by atoms with Gasteiger partial charge in [-0.05, 0) is 12.1 Å². The van der Waals surface area contributed by atoms with Crippen LogP contribution < -0.4 is 0 Å². The van der Waals surface area contributed by atoms with Crippen LogP contribution in [0.5, 0.6) is 0 Å². The lowest BCUT2D eigenvalue weighted by Gasteiger charge is -2.16. The molecule has 1 aliphatic rings. The first-order chi connectivity index (χ1) is 9.09. The summed E-state index contributed by atoms with van der Waals surface area (Å²) in [6.07, 6.45) is 2.71. The largest absolute Gasteiger partial charge is 0.480 e. The van der Waals surface area contributed by atoms with Gasteiger partial charge in [-0.2, -0.15) is 0 Å². The number of nitrogens with zero attached hydrogens (tertiary/aromatic N) is 2. The van der Waals surface area contributed by atoms with Gasteiger partial charge in [0.25, 0.3) is 0 Å². The second-order valence-electron chi connectivity index (χ2n) is 4.12. The maximum Gasteiger partial charge on any atom is 0.319 e. The first-order valence-electron chi connectivity index (χ1n) is 5.48. The van der Waals surface area contributed by atoms with E-state index in [9.17, 15) is 9.59 Å². The predicted octanol–water partition coefficient (Wildman–Crippen LogP) is 2.49. The standard InChI is InChI=1S/C13H7ClN2O3/c14-8-4-6-2-1-3-15-10(6)11-9(8)12(17)7(5-16-11)13(18)19/h1-5,7H,(H,18,19). The highest BCUT2D eigenvalue weighted by molar-refractivity contribution is 6.38. The number of aliphatic carboxylic acids is 1. The number of aliphatic imine (C=N–C) groups is 1. The minimum Gasteiger partial charge on any atom is -0.480 e. The molecule has 1 unspecified atom stereocenters. The first-order valence-corrected chi connectivity index (χ1v) is 5.86. The highest BCUT2D eigenvalue weighted by Gasteiger charge is 2.33. The summed E-state index contributed by atoms with van der Waals surface area (Å²) >= 11 is 6.07. The zero-order chi connectivity index (χ0) is 13.6. The maximum atomic E-state index is 12.1. The molecule has 0 spiro atoms. The Balaban J connectivity index is 2.34. The molecule has 5 nitrogen and oxygen atoms in total. The van der Waals surface area contributed by atoms with E-state index in [1.54, 1.807) is 24.4 Å². The van der Waals surface area contributed by atoms with E-state index in [0.717, 1.165) is 11.6 Å². The molecule has 2 heterocycles. The molecule has 0 aliphatic carbocycles. The van der Waals surface area contributed by atoms with E-state index in [1.165, 1.54) is 0 Å². The van der Waals surface area contributed by atoms with Crippen molar-refractivity contribution >= 4 is 46.2 Å². The van der Waals surface area contributed by atoms with Gasteiger partial charge in [0.05, 0.1) is 16.1 Å². The minimum atomic E-state index is -1.29. The molecule has 94 valence electrons. The molecule has 0 saturated heterocycles. The number of carboxylic acid groups (broad SMARTS) is 1. The fourth-order valence-corrected chi connectivity index (χ4v) is 2.38. The Morgan fingerprint density at radius 1 is 1.42 bits per heavy atom. The SMILES string of the molecule is O=C(O)C1C=Nc2c(c(Cl)cc3cccnc23)C1=O. The Kier molecular flexibility index (Phi) is 2.57. The number of hydrogen-bond acceptors (Lipinski definition) is 4. The summed E-state index contributed by atoms with van der Waals surface area (Å²) in [5.74, 6) is -3.09. The number of ketones is 1. The molecule has 0 amide bonds. The van der Waals surface area contributed by atoms with E-state index in [0.29, 0.717) is 11.2 Å². The highest BCUT2D eigenvalue weighted by atomic mass is 35.5. The van der Waals surface area contributed by atoms with Crippen molar-refractivity contribution in [3.05, 3.63) is 35.0 Å². The van der Waals surface area contributed by atoms with Gasteiger partial charge in [0.2, 0.25) is 0 Å². The van der Waals surface area contributed by atoms with Gasteiger partial charge >= 0.3 is 5.97 Å². The highest BCUT2D eigenvalue weighted by Crippen LogP contribution is 2.37. The van der Waals surface area contributed by atoms with Crippen LogP contribution in [0.2, 0.25) is 5.02 Å². The maximum absolute atomic E-state index is 12.1. The fourth-order valence-electron chi connectivity index (χ4n) is 2.08. The molecule has 6 heteroatoms. The van der Waals surface area contributed by atoms with Crippen molar-refractivity contribution in [3.8, 4) is 0 Å². The first kappa shape index (κ1) is 11.8. The Morgan fingerprint density at radius 3 is 2.95 bits per heavy atom. The summed E-state index contributed by atoms with van der Waals surface area (Å²) in [6, 6.07) is 5.15. The lowest BCUT2D eigenvalue weighted by Crippen LogP contribution is -2.27. The van der Waals surface area contributed by atoms with E-state index >= 15 is 0 Å². The molecule has 1 aromatic heterocycles. The molecule has 0 saturated carbocycles. The number of rotatable bonds is 1. The van der Waals surface area contributed by atoms with Crippen molar-refractivity contribution in [3.63, 3.8) is 0 Å². The average Bonchev–Trinajstić information content (AvgIpc) is 2.38. The third-order valence-electron chi connectivity index (χ3n) is 2.97. The normalized spacial score (nSPS) is 17.5. The number of carbonyl (C=O) groups is 2. The second kappa shape index (κ2) is 4.13. The van der Waals surface area contributed by atoms with Crippen molar-refractivity contribution in [1.82, 2.24) is 4.98 Å². The lowest BCUT2D eigenvalue weighted by atomic mass is 9.93. The van der Waals surface area contributed by atoms with Crippen molar-refractivity contribution in [2.45, 2.75) is 0 Å². The molecular formula is C13H7ClN2O3. The van der Waals surface area contributed by atoms with Crippen molar-refractivity contribution < 1.29 is 14.7 Å². The van der Waals surface area contributed by atoms with Crippen LogP contribution in [0, 0.1) is 5.92 Å². The summed E-state index contributed by atoms with van der Waals surface area (Å²) in [7, 11) is 0. The molecule has 19 heavy (non-hydrogen) atoms. The molecular weight excluding hydrogens is 268 g/mol. The fraction of sp³-hybridized carbons (Fsp3) is 0.0769. The van der Waals surface area contributed by atoms with Crippen LogP contribution in [-0.4, -0.2) is 28.1 Å². The van der Waals surface area contributed by atoms with Crippen LogP contribution in [0.15, 0.2) is 29.4 Å². The number of carbonyl (C=O) groups excluding carboxylic acids is 1. The van der Waals surface area contributed by atoms with Crippen LogP contribution in [0.25, 0.3) is 10.9 Å². The second-order valence-corrected chi connectivity index (χ2v) is 4.52. The molecule has 1 aliphatic heterocycles. The Hall–Kier alpha value is -2.27. The zero-order valence-corrected chi connectivity index (χ0v) is 10.3. The Labute approximate surface area is 112 Å². The summed E-state index contributed by atoms with van der Waals surface area (Å²) in [4.78, 5) is 31.3. The Morgan fingerprint density at radius 2 is 2.21 bits per heavy atom. The number of Topliss-reactive ketones (excluding diaryl/α,β-unsaturated/α-hetero) is 1. The lowest BCUT2D eigenvalue weighted by molar-refractivity contribution is -0.137. The quantitative estimate of drug-likeness (QED) is 0.810. The van der Waals surface area contributed by atoms with Crippen molar-refractivity contribution in [2.24, 2.45) is 10.9 Å². The van der Waals surface area contributed by atoms with E-state index in [4.69, 9.17) is 16.7 Å². The summed E-state index contributed by atoms with van der Waals surface area (Å²) < 4.78 is 0. The van der Waals surface area contributed by atoms with Crippen LogP contribution in [-0.2, 0) is 4.79 Å². The molecule has 1 N–H and O–H groups in total. The van der Waals surface area contributed by atoms with Crippen LogP contribution >= 0.6 is 11.6 Å². The van der Waals surface area contributed by atoms with Gasteiger partial charge in [-0.3, -0.25) is 19.6 Å². The number of pyridine rings is 1. The number of aromatic nitrogens is 1. The van der Waals surface area contributed by atoms with Crippen LogP contribution in [0.1, 0.15) is 10.4 Å². The van der Waals surface area contributed by atoms with Crippen molar-refractivity contribution in [2.75, 3.05) is 0 Å². The smallest absolute Gasteiger partial charge is 0.319 e. The molecule has 0 radical (unpaired) electrons. The van der Waals surface area contributed by atoms with Gasteiger partial charge in [-0.1, -0.05) is 17.7 Å². The summed E-state index contributed by atoms with van der Waals surface area (Å²) in [6.45, 7) is 0. The van der Waals surface area contributed by atoms with E-state index in [-0.39, 0.29) is 10.6 Å². The average molecular weight is 275 g/mol. The third kappa shape index (κ3) is 1.70. The van der Waals surface area contributed by atoms with Gasteiger partial charge in [-0.25, -0.2) is 0 Å². The van der Waals surface area contributed by atoms with Gasteiger partial charge in [-0.15, -0.1) is 0 Å². The van der Waals surface area contributed by atoms with E-state index < -0.39 is 17.7 Å². The minimum absolute atomic E-state index is 0.128. The van der Waals surface area contributed by atoms with E-state index in [2.05, 4.69) is 9.98 Å². The summed E-state index contributed by atoms with van der Waals surface area (Å²) in [5.41, 5.74) is 1.00. The number of benzene rings is 1. The van der Waals surface area contributed by atoms with Gasteiger partial charge in [0.15, 0.2) is 11.7 Å². The number of fused-ring (bicyclic) bond motifs is 3. The van der Waals surface area contributed by atoms with Gasteiger partial charge < -0.3 is 5.11 Å². The van der Waals surface area contributed by atoms with E-state index in [1.807, 2.05) is 0 Å². The molecule has 3 rings (SSSR count). The predicted molar refractivity (Wildman–Crippen MR) is 70.4 cm³/mol. The Bertz CT molecular complexity index is 755. The monoisotopic (exact) mass is 274 g/mol. The number of hydrogen-bond donors (Lipinski definition) is 1. The number of carboxylic acids is 1. The third-order valence-corrected chi connectivity index (χ3v) is 3.27. The topological polar surface area (TPSA) is 79.6 Å². The van der Waals surface area contributed by atoms with Crippen molar-refractivity contribution in [1.29, 1.82) is 0 Å². The van der Waals surface area contributed by atoms with Crippen LogP contribution in [0.3, 0.4) is 0 Å². The molecule has 1 aromatic carbocycles. The van der Waals surface area contributed by atoms with Gasteiger partial charge in [0.1, 0.15) is 5.69 Å². The van der Waals surface area contributed by atoms with Gasteiger partial charge in [0, 0.05) is 17.8 Å². The summed E-state index contributed by atoms with van der Waals surface area (Å²) in [5, 5.41) is 9.92. The zero-order valence-electron chi connectivity index (χ0n) is 9.50. The molecule has 0 fully saturated rings. The van der Waals surface area contributed by atoms with Crippen LogP contribution in [0.4, 0.5) is 5.69 Å². The number of halogens is 1. The molecule has 0 bridgehead atoms. The molecule has 1 atom stereocenters.